The maximum absolute atomic E-state index is 12.0. The molecule has 0 bridgehead atoms. The van der Waals surface area contributed by atoms with Gasteiger partial charge < -0.3 is 10.2 Å². The van der Waals surface area contributed by atoms with Crippen LogP contribution in [0.5, 0.6) is 0 Å². The molecule has 0 aromatic heterocycles. The highest BCUT2D eigenvalue weighted by atomic mass is 16.2. The fourth-order valence-corrected chi connectivity index (χ4v) is 2.42. The molecule has 4 heteroatoms. The molecule has 1 aromatic carbocycles. The van der Waals surface area contributed by atoms with Gasteiger partial charge in [-0.05, 0) is 44.2 Å². The van der Waals surface area contributed by atoms with Crippen LogP contribution in [0.4, 0.5) is 5.69 Å². The lowest BCUT2D eigenvalue weighted by atomic mass is 10.1. The number of hydrogen-bond donors (Lipinski definition) is 1. The van der Waals surface area contributed by atoms with Gasteiger partial charge in [0.2, 0.25) is 0 Å². The van der Waals surface area contributed by atoms with E-state index in [9.17, 15) is 9.59 Å². The standard InChI is InChI=1S/C15H20N2O2/c1-11-7-6-8-12(2)13(11)16-14(18)15(19)17-9-4-3-5-10-17/h6-8H,3-5,9-10H2,1-2H3,(H,16,18). The average Bonchev–Trinajstić information content (AvgIpc) is 2.43. The number of para-hydroxylation sites is 1. The predicted molar refractivity (Wildman–Crippen MR) is 75.0 cm³/mol. The molecule has 1 aromatic rings. The summed E-state index contributed by atoms with van der Waals surface area (Å²) in [6.45, 7) is 5.24. The Balaban J connectivity index is 2.06. The van der Waals surface area contributed by atoms with Gasteiger partial charge in [-0.2, -0.15) is 0 Å². The first-order chi connectivity index (χ1) is 9.09. The number of hydrogen-bond acceptors (Lipinski definition) is 2. The summed E-state index contributed by atoms with van der Waals surface area (Å²) in [5.74, 6) is -0.943. The van der Waals surface area contributed by atoms with Gasteiger partial charge in [0.05, 0.1) is 0 Å². The number of nitrogens with one attached hydrogen (secondary N) is 1. The van der Waals surface area contributed by atoms with Gasteiger partial charge in [0.25, 0.3) is 0 Å². The first kappa shape index (κ1) is 13.6. The maximum atomic E-state index is 12.0. The summed E-state index contributed by atoms with van der Waals surface area (Å²) in [7, 11) is 0. The molecule has 1 aliphatic heterocycles. The van der Waals surface area contributed by atoms with Crippen molar-refractivity contribution in [3.05, 3.63) is 29.3 Å². The Bertz CT molecular complexity index is 471. The van der Waals surface area contributed by atoms with E-state index in [2.05, 4.69) is 5.32 Å². The predicted octanol–water partition coefficient (Wildman–Crippen LogP) is 2.25. The Kier molecular flexibility index (Phi) is 4.20. The van der Waals surface area contributed by atoms with Gasteiger partial charge in [-0.1, -0.05) is 18.2 Å². The SMILES string of the molecule is Cc1cccc(C)c1NC(=O)C(=O)N1CCCCC1. The van der Waals surface area contributed by atoms with Gasteiger partial charge in [-0.25, -0.2) is 0 Å². The molecule has 0 unspecified atom stereocenters. The van der Waals surface area contributed by atoms with Crippen molar-refractivity contribution in [3.63, 3.8) is 0 Å². The smallest absolute Gasteiger partial charge is 0.313 e. The Labute approximate surface area is 113 Å². The monoisotopic (exact) mass is 260 g/mol. The molecule has 2 amide bonds. The third-order valence-corrected chi connectivity index (χ3v) is 3.56. The highest BCUT2D eigenvalue weighted by Gasteiger charge is 2.23. The topological polar surface area (TPSA) is 49.4 Å². The van der Waals surface area contributed by atoms with Crippen LogP contribution < -0.4 is 5.32 Å². The second-order valence-electron chi connectivity index (χ2n) is 5.07. The van der Waals surface area contributed by atoms with Gasteiger partial charge in [0.15, 0.2) is 0 Å². The number of carbonyl (C=O) groups is 2. The largest absolute Gasteiger partial charge is 0.334 e. The molecule has 1 heterocycles. The third kappa shape index (κ3) is 3.13. The second kappa shape index (κ2) is 5.87. The molecule has 1 N–H and O–H groups in total. The number of anilines is 1. The summed E-state index contributed by atoms with van der Waals surface area (Å²) in [6.07, 6.45) is 3.12. The van der Waals surface area contributed by atoms with E-state index in [1.54, 1.807) is 4.90 Å². The van der Waals surface area contributed by atoms with Crippen molar-refractivity contribution < 1.29 is 9.59 Å². The Morgan fingerprint density at radius 1 is 1.05 bits per heavy atom. The van der Waals surface area contributed by atoms with Crippen molar-refractivity contribution in [1.29, 1.82) is 0 Å². The molecule has 1 fully saturated rings. The molecular weight excluding hydrogens is 240 g/mol. The number of amides is 2. The van der Waals surface area contributed by atoms with Crippen LogP contribution in [0.3, 0.4) is 0 Å². The summed E-state index contributed by atoms with van der Waals surface area (Å²) in [4.78, 5) is 25.7. The fourth-order valence-electron chi connectivity index (χ4n) is 2.42. The van der Waals surface area contributed by atoms with Crippen LogP contribution >= 0.6 is 0 Å². The average molecular weight is 260 g/mol. The number of carbonyl (C=O) groups excluding carboxylic acids is 2. The normalized spacial score (nSPS) is 15.2. The molecule has 4 nitrogen and oxygen atoms in total. The van der Waals surface area contributed by atoms with Gasteiger partial charge in [0, 0.05) is 18.8 Å². The first-order valence-corrected chi connectivity index (χ1v) is 6.76. The lowest BCUT2D eigenvalue weighted by Gasteiger charge is -2.26. The Hall–Kier alpha value is -1.84. The summed E-state index contributed by atoms with van der Waals surface area (Å²) >= 11 is 0. The van der Waals surface area contributed by atoms with Crippen LogP contribution in [-0.4, -0.2) is 29.8 Å². The molecule has 1 aliphatic rings. The van der Waals surface area contributed by atoms with Crippen LogP contribution in [0.2, 0.25) is 0 Å². The number of benzene rings is 1. The van der Waals surface area contributed by atoms with E-state index in [0.29, 0.717) is 13.1 Å². The molecule has 1 saturated heterocycles. The van der Waals surface area contributed by atoms with E-state index >= 15 is 0 Å². The Morgan fingerprint density at radius 2 is 1.63 bits per heavy atom. The van der Waals surface area contributed by atoms with Crippen molar-refractivity contribution in [2.24, 2.45) is 0 Å². The lowest BCUT2D eigenvalue weighted by Crippen LogP contribution is -2.42. The molecule has 102 valence electrons. The molecular formula is C15H20N2O2. The molecule has 2 rings (SSSR count). The van der Waals surface area contributed by atoms with Gasteiger partial charge in [-0.3, -0.25) is 9.59 Å². The number of nitrogens with zero attached hydrogens (tertiary/aromatic N) is 1. The van der Waals surface area contributed by atoms with Crippen molar-refractivity contribution >= 4 is 17.5 Å². The molecule has 0 aliphatic carbocycles. The minimum absolute atomic E-state index is 0.414. The third-order valence-electron chi connectivity index (χ3n) is 3.56. The summed E-state index contributed by atoms with van der Waals surface area (Å²) < 4.78 is 0. The van der Waals surface area contributed by atoms with Crippen LogP contribution in [0, 0.1) is 13.8 Å². The molecule has 0 spiro atoms. The number of rotatable bonds is 1. The van der Waals surface area contributed by atoms with Crippen molar-refractivity contribution in [1.82, 2.24) is 4.90 Å². The molecule has 0 radical (unpaired) electrons. The Morgan fingerprint density at radius 3 is 2.21 bits per heavy atom. The minimum atomic E-state index is -0.528. The van der Waals surface area contributed by atoms with Crippen LogP contribution in [0.25, 0.3) is 0 Å². The van der Waals surface area contributed by atoms with Gasteiger partial charge in [0.1, 0.15) is 0 Å². The van der Waals surface area contributed by atoms with Crippen molar-refractivity contribution in [2.75, 3.05) is 18.4 Å². The highest BCUT2D eigenvalue weighted by molar-refractivity contribution is 6.39. The number of likely N-dealkylation sites (tertiary alicyclic amines) is 1. The summed E-state index contributed by atoms with van der Waals surface area (Å²) in [5, 5.41) is 2.75. The van der Waals surface area contributed by atoms with Crippen LogP contribution in [-0.2, 0) is 9.59 Å². The highest BCUT2D eigenvalue weighted by Crippen LogP contribution is 2.19. The van der Waals surface area contributed by atoms with E-state index in [-0.39, 0.29) is 0 Å². The number of piperidine rings is 1. The lowest BCUT2D eigenvalue weighted by molar-refractivity contribution is -0.143. The fraction of sp³-hybridized carbons (Fsp3) is 0.467. The summed E-state index contributed by atoms with van der Waals surface area (Å²) in [6, 6.07) is 5.79. The second-order valence-corrected chi connectivity index (χ2v) is 5.07. The zero-order valence-electron chi connectivity index (χ0n) is 11.5. The summed E-state index contributed by atoms with van der Waals surface area (Å²) in [5.41, 5.74) is 2.69. The molecule has 0 atom stereocenters. The van der Waals surface area contributed by atoms with Crippen molar-refractivity contribution in [2.45, 2.75) is 33.1 Å². The van der Waals surface area contributed by atoms with Crippen LogP contribution in [0.1, 0.15) is 30.4 Å². The van der Waals surface area contributed by atoms with E-state index in [1.165, 1.54) is 0 Å². The van der Waals surface area contributed by atoms with E-state index in [4.69, 9.17) is 0 Å². The zero-order chi connectivity index (χ0) is 13.8. The first-order valence-electron chi connectivity index (χ1n) is 6.76. The zero-order valence-corrected chi connectivity index (χ0v) is 11.5. The van der Waals surface area contributed by atoms with Gasteiger partial charge >= 0.3 is 11.8 Å². The molecule has 19 heavy (non-hydrogen) atoms. The quantitative estimate of drug-likeness (QED) is 0.787. The minimum Gasteiger partial charge on any atom is -0.334 e. The van der Waals surface area contributed by atoms with E-state index < -0.39 is 11.8 Å². The maximum Gasteiger partial charge on any atom is 0.313 e. The molecule has 0 saturated carbocycles. The van der Waals surface area contributed by atoms with E-state index in [0.717, 1.165) is 36.1 Å². The number of aryl methyl sites for hydroxylation is 2. The van der Waals surface area contributed by atoms with Crippen molar-refractivity contribution in [3.8, 4) is 0 Å². The van der Waals surface area contributed by atoms with E-state index in [1.807, 2.05) is 32.0 Å². The van der Waals surface area contributed by atoms with Crippen LogP contribution in [0.15, 0.2) is 18.2 Å². The van der Waals surface area contributed by atoms with Gasteiger partial charge in [-0.15, -0.1) is 0 Å².